The molecule has 2 aromatic rings. The first-order valence-electron chi connectivity index (χ1n) is 7.55. The fourth-order valence-electron chi connectivity index (χ4n) is 1.93. The van der Waals surface area contributed by atoms with Gasteiger partial charge in [0.2, 0.25) is 0 Å². The zero-order valence-electron chi connectivity index (χ0n) is 15.1. The molecule has 0 radical (unpaired) electrons. The van der Waals surface area contributed by atoms with Crippen molar-refractivity contribution in [2.75, 3.05) is 0 Å². The Labute approximate surface area is 170 Å². The van der Waals surface area contributed by atoms with E-state index in [1.165, 1.54) is 0 Å². The average Bonchev–Trinajstić information content (AvgIpc) is 2.37. The second kappa shape index (κ2) is 8.96. The first-order chi connectivity index (χ1) is 10.00. The van der Waals surface area contributed by atoms with Crippen LogP contribution in [0.3, 0.4) is 0 Å². The summed E-state index contributed by atoms with van der Waals surface area (Å²) < 4.78 is 0. The number of hydrogen-bond acceptors (Lipinski definition) is 2. The van der Waals surface area contributed by atoms with E-state index in [1.807, 2.05) is 24.3 Å². The van der Waals surface area contributed by atoms with E-state index in [4.69, 9.17) is 0 Å². The quantitative estimate of drug-likeness (QED) is 0.687. The third-order valence-corrected chi connectivity index (χ3v) is 3.40. The molecular weight excluding hydrogens is 312 g/mol. The largest absolute Gasteiger partial charge is 2.00 e. The molecule has 0 aliphatic rings. The van der Waals surface area contributed by atoms with Crippen molar-refractivity contribution in [3.05, 3.63) is 59.7 Å². The fraction of sp³-hybridized carbons (Fsp3) is 0.400. The van der Waals surface area contributed by atoms with Crippen LogP contribution < -0.4 is 10.2 Å². The van der Waals surface area contributed by atoms with Gasteiger partial charge in [-0.25, -0.2) is 0 Å². The zero-order valence-corrected chi connectivity index (χ0v) is 17.4. The van der Waals surface area contributed by atoms with Gasteiger partial charge in [0.1, 0.15) is 0 Å². The summed E-state index contributed by atoms with van der Waals surface area (Å²) in [5.41, 5.74) is 2.37. The van der Waals surface area contributed by atoms with Gasteiger partial charge < -0.3 is 10.2 Å². The molecule has 0 aromatic heterocycles. The van der Waals surface area contributed by atoms with Crippen LogP contribution in [0.2, 0.25) is 0 Å². The Morgan fingerprint density at radius 3 is 1.09 bits per heavy atom. The molecule has 2 nitrogen and oxygen atoms in total. The summed E-state index contributed by atoms with van der Waals surface area (Å²) in [5, 5.41) is 21.9. The van der Waals surface area contributed by atoms with Gasteiger partial charge >= 0.3 is 37.7 Å². The van der Waals surface area contributed by atoms with E-state index >= 15 is 0 Å². The summed E-state index contributed by atoms with van der Waals surface area (Å²) in [4.78, 5) is 0. The molecular formula is C20H26CaO2. The molecule has 2 aromatic carbocycles. The zero-order chi connectivity index (χ0) is 17.0. The molecule has 0 spiro atoms. The number of benzene rings is 2. The minimum absolute atomic E-state index is 0. The maximum absolute atomic E-state index is 10.9. The normalized spacial score (nSPS) is 11.0. The van der Waals surface area contributed by atoms with Crippen LogP contribution in [-0.4, -0.2) is 37.7 Å². The molecule has 0 atom stereocenters. The molecule has 0 aliphatic carbocycles. The fourth-order valence-corrected chi connectivity index (χ4v) is 1.93. The van der Waals surface area contributed by atoms with Gasteiger partial charge in [-0.05, 0) is 22.0 Å². The molecule has 0 fully saturated rings. The average molecular weight is 339 g/mol. The Morgan fingerprint density at radius 2 is 0.913 bits per heavy atom. The third kappa shape index (κ3) is 8.10. The first kappa shape index (κ1) is 22.3. The van der Waals surface area contributed by atoms with Crippen LogP contribution in [0, 0.1) is 0 Å². The Kier molecular flexibility index (Phi) is 8.69. The van der Waals surface area contributed by atoms with E-state index in [9.17, 15) is 10.2 Å². The Morgan fingerprint density at radius 1 is 0.609 bits per heavy atom. The second-order valence-electron chi connectivity index (χ2n) is 7.56. The molecule has 23 heavy (non-hydrogen) atoms. The predicted octanol–water partition coefficient (Wildman–Crippen LogP) is 3.73. The maximum Gasteiger partial charge on any atom is 2.00 e. The van der Waals surface area contributed by atoms with E-state index in [0.29, 0.717) is 0 Å². The predicted molar refractivity (Wildman–Crippen MR) is 94.9 cm³/mol. The number of rotatable bonds is 0. The molecule has 0 saturated heterocycles. The molecule has 0 amide bonds. The van der Waals surface area contributed by atoms with E-state index in [1.54, 1.807) is 24.3 Å². The standard InChI is InChI=1S/2C10H14O.Ca/c2*1-10(2,3)8-5-4-6-9(11)7-8;/h2*4-7,11H,1-3H3;/q;;+2/p-2. The van der Waals surface area contributed by atoms with E-state index in [0.717, 1.165) is 11.1 Å². The van der Waals surface area contributed by atoms with Gasteiger partial charge in [-0.1, -0.05) is 90.1 Å². The summed E-state index contributed by atoms with van der Waals surface area (Å²) >= 11 is 0. The minimum atomic E-state index is 0. The smallest absolute Gasteiger partial charge is 0.872 e. The molecule has 2 rings (SSSR count). The van der Waals surface area contributed by atoms with Gasteiger partial charge in [0.15, 0.2) is 0 Å². The van der Waals surface area contributed by atoms with Gasteiger partial charge in [-0.3, -0.25) is 0 Å². The summed E-state index contributed by atoms with van der Waals surface area (Å²) in [6, 6.07) is 14.1. The van der Waals surface area contributed by atoms with Crippen molar-refractivity contribution in [1.29, 1.82) is 0 Å². The summed E-state index contributed by atoms with van der Waals surface area (Å²) in [7, 11) is 0. The number of hydrogen-bond donors (Lipinski definition) is 0. The van der Waals surface area contributed by atoms with E-state index < -0.39 is 0 Å². The first-order valence-corrected chi connectivity index (χ1v) is 7.55. The van der Waals surface area contributed by atoms with Gasteiger partial charge in [0.25, 0.3) is 0 Å². The Bertz CT molecular complexity index is 552. The molecule has 0 aliphatic heterocycles. The van der Waals surface area contributed by atoms with Crippen molar-refractivity contribution in [3.63, 3.8) is 0 Å². The van der Waals surface area contributed by atoms with Crippen LogP contribution in [-0.2, 0) is 10.8 Å². The van der Waals surface area contributed by atoms with Crippen LogP contribution >= 0.6 is 0 Å². The molecule has 0 saturated carbocycles. The summed E-state index contributed by atoms with van der Waals surface area (Å²) in [6.07, 6.45) is 0. The van der Waals surface area contributed by atoms with Gasteiger partial charge in [0.05, 0.1) is 0 Å². The molecule has 120 valence electrons. The third-order valence-electron chi connectivity index (χ3n) is 3.40. The van der Waals surface area contributed by atoms with Crippen LogP contribution in [0.5, 0.6) is 11.5 Å². The van der Waals surface area contributed by atoms with Crippen LogP contribution in [0.1, 0.15) is 52.7 Å². The van der Waals surface area contributed by atoms with Crippen molar-refractivity contribution in [2.24, 2.45) is 0 Å². The van der Waals surface area contributed by atoms with Gasteiger partial charge in [0, 0.05) is 0 Å². The molecule has 0 unspecified atom stereocenters. The van der Waals surface area contributed by atoms with Crippen LogP contribution in [0.15, 0.2) is 48.5 Å². The maximum atomic E-state index is 10.9. The molecule has 0 heterocycles. The topological polar surface area (TPSA) is 46.1 Å². The van der Waals surface area contributed by atoms with Crippen LogP contribution in [0.4, 0.5) is 0 Å². The molecule has 3 heteroatoms. The van der Waals surface area contributed by atoms with Crippen molar-refractivity contribution in [1.82, 2.24) is 0 Å². The van der Waals surface area contributed by atoms with Crippen molar-refractivity contribution in [3.8, 4) is 11.5 Å². The molecule has 0 N–H and O–H groups in total. The second-order valence-corrected chi connectivity index (χ2v) is 7.56. The van der Waals surface area contributed by atoms with Crippen LogP contribution in [0.25, 0.3) is 0 Å². The monoisotopic (exact) mass is 338 g/mol. The molecule has 0 bridgehead atoms. The van der Waals surface area contributed by atoms with Crippen molar-refractivity contribution >= 4 is 37.7 Å². The van der Waals surface area contributed by atoms with Gasteiger partial charge in [-0.2, -0.15) is 0 Å². The Balaban J connectivity index is 0.000000403. The Hall–Kier alpha value is -0.700. The minimum Gasteiger partial charge on any atom is -0.872 e. The van der Waals surface area contributed by atoms with E-state index in [2.05, 4.69) is 41.5 Å². The summed E-state index contributed by atoms with van der Waals surface area (Å²) in [5.74, 6) is 0.190. The van der Waals surface area contributed by atoms with Gasteiger partial charge in [-0.15, -0.1) is 11.5 Å². The van der Waals surface area contributed by atoms with E-state index in [-0.39, 0.29) is 60.1 Å². The van der Waals surface area contributed by atoms with Crippen molar-refractivity contribution in [2.45, 2.75) is 52.4 Å². The SMILES string of the molecule is CC(C)(C)c1cccc([O-])c1.CC(C)(C)c1cccc([O-])c1.[Ca+2]. The summed E-state index contributed by atoms with van der Waals surface area (Å²) in [6.45, 7) is 12.6. The van der Waals surface area contributed by atoms with Crippen molar-refractivity contribution < 1.29 is 10.2 Å².